The monoisotopic (exact) mass is 341 g/mol. The molecule has 6 heteroatoms. The number of rotatable bonds is 4. The molecule has 3 unspecified atom stereocenters. The Morgan fingerprint density at radius 3 is 2.36 bits per heavy atom. The largest absolute Gasteiger partial charge is 0.695 e. The fourth-order valence-corrected chi connectivity index (χ4v) is 2.54. The Balaban J connectivity index is 2.65. The van der Waals surface area contributed by atoms with E-state index in [-0.39, 0.29) is 4.83 Å². The maximum atomic E-state index is 10.4. The number of hydrogen-bond acceptors (Lipinski definition) is 2. The van der Waals surface area contributed by atoms with Gasteiger partial charge in [0.05, 0.1) is 4.83 Å². The maximum absolute atomic E-state index is 10.4. The predicted molar refractivity (Wildman–Crippen MR) is 61.7 cm³/mol. The Hall–Kier alpha value is 0.200. The Morgan fingerprint density at radius 1 is 1.29 bits per heavy atom. The van der Waals surface area contributed by atoms with Crippen LogP contribution in [0.15, 0.2) is 30.3 Å². The molecular formula is C8H8Br2O3P+. The molecule has 0 saturated carbocycles. The van der Waals surface area contributed by atoms with Crippen molar-refractivity contribution in [2.24, 2.45) is 0 Å². The van der Waals surface area contributed by atoms with Crippen molar-refractivity contribution in [3.8, 4) is 0 Å². The summed E-state index contributed by atoms with van der Waals surface area (Å²) < 4.78 is 15.1. The quantitative estimate of drug-likeness (QED) is 0.672. The lowest BCUT2D eigenvalue weighted by Crippen LogP contribution is -2.07. The van der Waals surface area contributed by atoms with Crippen molar-refractivity contribution in [3.05, 3.63) is 35.9 Å². The van der Waals surface area contributed by atoms with E-state index in [1.54, 1.807) is 0 Å². The van der Waals surface area contributed by atoms with Gasteiger partial charge in [0.25, 0.3) is 0 Å². The normalized spacial score (nSPS) is 16.1. The predicted octanol–water partition coefficient (Wildman–Crippen LogP) is 3.51. The smallest absolute Gasteiger partial charge is 0.133 e. The molecule has 0 heterocycles. The van der Waals surface area contributed by atoms with Crippen molar-refractivity contribution in [3.63, 3.8) is 0 Å². The van der Waals surface area contributed by atoms with E-state index in [1.807, 2.05) is 30.3 Å². The van der Waals surface area contributed by atoms with E-state index >= 15 is 0 Å². The number of alkyl halides is 2. The summed E-state index contributed by atoms with van der Waals surface area (Å²) in [5, 5.41) is -0.529. The first-order valence-electron chi connectivity index (χ1n) is 3.77. The minimum atomic E-state index is -2.59. The molecule has 76 valence electrons. The van der Waals surface area contributed by atoms with Crippen molar-refractivity contribution in [2.75, 3.05) is 0 Å². The standard InChI is InChI=1S/C8H7Br2O3P/c9-7(8(10)13-14(11)12)6-4-2-1-3-5-6/h1-5,7-8H/p+1. The van der Waals surface area contributed by atoms with E-state index in [1.165, 1.54) is 0 Å². The summed E-state index contributed by atoms with van der Waals surface area (Å²) in [5.74, 6) is 0. The fraction of sp³-hybridized carbons (Fsp3) is 0.250. The second-order valence-electron chi connectivity index (χ2n) is 2.51. The van der Waals surface area contributed by atoms with Crippen molar-refractivity contribution < 1.29 is 14.0 Å². The Morgan fingerprint density at radius 2 is 1.86 bits per heavy atom. The van der Waals surface area contributed by atoms with Gasteiger partial charge in [-0.1, -0.05) is 62.2 Å². The number of hydrogen-bond donors (Lipinski definition) is 1. The lowest BCUT2D eigenvalue weighted by Gasteiger charge is -2.10. The third kappa shape index (κ3) is 3.75. The zero-order valence-corrected chi connectivity index (χ0v) is 11.1. The second-order valence-corrected chi connectivity index (χ2v) is 5.08. The van der Waals surface area contributed by atoms with E-state index in [0.29, 0.717) is 0 Å². The van der Waals surface area contributed by atoms with Gasteiger partial charge in [0.1, 0.15) is 0 Å². The van der Waals surface area contributed by atoms with E-state index in [2.05, 4.69) is 31.9 Å². The Kier molecular flexibility index (Phi) is 5.20. The van der Waals surface area contributed by atoms with Gasteiger partial charge in [0.2, 0.25) is 0 Å². The van der Waals surface area contributed by atoms with E-state index in [0.717, 1.165) is 5.56 Å². The minimum absolute atomic E-state index is 0.158. The highest BCUT2D eigenvalue weighted by atomic mass is 79.9. The van der Waals surface area contributed by atoms with E-state index in [4.69, 9.17) is 9.42 Å². The van der Waals surface area contributed by atoms with Crippen LogP contribution in [0.25, 0.3) is 0 Å². The van der Waals surface area contributed by atoms with Crippen LogP contribution < -0.4 is 0 Å². The molecule has 0 aromatic heterocycles. The molecule has 0 radical (unpaired) electrons. The highest BCUT2D eigenvalue weighted by molar-refractivity contribution is 9.12. The average Bonchev–Trinajstić information content (AvgIpc) is 2.17. The summed E-state index contributed by atoms with van der Waals surface area (Å²) in [4.78, 5) is 8.40. The van der Waals surface area contributed by atoms with Gasteiger partial charge in [-0.05, 0) is 5.56 Å². The zero-order valence-electron chi connectivity index (χ0n) is 7.01. The van der Waals surface area contributed by atoms with Crippen LogP contribution in [0.3, 0.4) is 0 Å². The van der Waals surface area contributed by atoms with Gasteiger partial charge in [-0.15, -0.1) is 9.42 Å². The van der Waals surface area contributed by atoms with Crippen LogP contribution in [0.4, 0.5) is 0 Å². The molecule has 1 aromatic rings. The SMILES string of the molecule is O=[P+](O)OC(Br)C(Br)c1ccccc1. The highest BCUT2D eigenvalue weighted by Crippen LogP contribution is 2.36. The molecule has 1 rings (SSSR count). The molecule has 0 bridgehead atoms. The van der Waals surface area contributed by atoms with Crippen LogP contribution in [-0.4, -0.2) is 9.91 Å². The summed E-state index contributed by atoms with van der Waals surface area (Å²) in [6, 6.07) is 9.49. The molecule has 0 aliphatic heterocycles. The molecule has 0 spiro atoms. The van der Waals surface area contributed by atoms with Crippen LogP contribution >= 0.6 is 40.1 Å². The van der Waals surface area contributed by atoms with Crippen LogP contribution in [0.2, 0.25) is 0 Å². The van der Waals surface area contributed by atoms with Gasteiger partial charge >= 0.3 is 8.25 Å². The molecule has 0 fully saturated rings. The van der Waals surface area contributed by atoms with Crippen LogP contribution in [-0.2, 0) is 9.09 Å². The lowest BCUT2D eigenvalue weighted by atomic mass is 10.2. The molecule has 0 aliphatic rings. The lowest BCUT2D eigenvalue weighted by molar-refractivity contribution is 0.264. The molecule has 3 nitrogen and oxygen atoms in total. The first kappa shape index (κ1) is 12.3. The minimum Gasteiger partial charge on any atom is -0.133 e. The highest BCUT2D eigenvalue weighted by Gasteiger charge is 2.27. The molecule has 1 aromatic carbocycles. The molecule has 0 amide bonds. The molecule has 0 aliphatic carbocycles. The summed E-state index contributed by atoms with van der Waals surface area (Å²) in [7, 11) is -2.59. The van der Waals surface area contributed by atoms with Crippen molar-refractivity contribution in [1.29, 1.82) is 0 Å². The maximum Gasteiger partial charge on any atom is 0.695 e. The van der Waals surface area contributed by atoms with Crippen molar-refractivity contribution >= 4 is 40.1 Å². The summed E-state index contributed by atoms with van der Waals surface area (Å²) >= 11 is 6.54. The molecule has 1 N–H and O–H groups in total. The summed E-state index contributed by atoms with van der Waals surface area (Å²) in [6.45, 7) is 0. The number of halogens is 2. The first-order valence-corrected chi connectivity index (χ1v) is 6.73. The van der Waals surface area contributed by atoms with Gasteiger partial charge < -0.3 is 0 Å². The molecule has 14 heavy (non-hydrogen) atoms. The van der Waals surface area contributed by atoms with Gasteiger partial charge in [-0.3, -0.25) is 0 Å². The second kappa shape index (κ2) is 5.93. The topological polar surface area (TPSA) is 46.5 Å². The third-order valence-electron chi connectivity index (χ3n) is 1.54. The summed E-state index contributed by atoms with van der Waals surface area (Å²) in [5.41, 5.74) is 0.978. The molecule has 0 saturated heterocycles. The van der Waals surface area contributed by atoms with Crippen LogP contribution in [0, 0.1) is 0 Å². The third-order valence-corrected chi connectivity index (χ3v) is 4.67. The van der Waals surface area contributed by atoms with Crippen molar-refractivity contribution in [1.82, 2.24) is 0 Å². The van der Waals surface area contributed by atoms with Gasteiger partial charge in [-0.2, -0.15) is 0 Å². The Bertz CT molecular complexity index is 307. The van der Waals surface area contributed by atoms with E-state index in [9.17, 15) is 4.57 Å². The van der Waals surface area contributed by atoms with Gasteiger partial charge in [-0.25, -0.2) is 0 Å². The molecule has 3 atom stereocenters. The molecular weight excluding hydrogens is 335 g/mol. The van der Waals surface area contributed by atoms with Crippen LogP contribution in [0.5, 0.6) is 0 Å². The summed E-state index contributed by atoms with van der Waals surface area (Å²) in [6.07, 6.45) is 0. The van der Waals surface area contributed by atoms with Gasteiger partial charge in [0.15, 0.2) is 5.01 Å². The van der Waals surface area contributed by atoms with E-state index < -0.39 is 13.3 Å². The average molecular weight is 343 g/mol. The van der Waals surface area contributed by atoms with Crippen molar-refractivity contribution in [2.45, 2.75) is 9.84 Å². The van der Waals surface area contributed by atoms with Gasteiger partial charge in [0, 0.05) is 4.57 Å². The number of benzene rings is 1. The fourth-order valence-electron chi connectivity index (χ4n) is 0.928. The Labute approximate surface area is 99.7 Å². The zero-order chi connectivity index (χ0) is 10.6. The van der Waals surface area contributed by atoms with Crippen LogP contribution in [0.1, 0.15) is 10.4 Å². The first-order chi connectivity index (χ1) is 6.61.